The minimum Gasteiger partial charge on any atom is -0.396 e. The van der Waals surface area contributed by atoms with Crippen molar-refractivity contribution in [2.24, 2.45) is 29.6 Å². The lowest BCUT2D eigenvalue weighted by atomic mass is 9.66. The highest BCUT2D eigenvalue weighted by atomic mass is 16.3. The van der Waals surface area contributed by atoms with Gasteiger partial charge in [-0.1, -0.05) is 19.9 Å². The zero-order chi connectivity index (χ0) is 11.0. The number of fused-ring (bicyclic) bond motifs is 2. The standard InChI is InChI=1S/C13H20O2/c1-8(2)11-4-3-9-5-10(6-14)13(11)12(9)7-15/h5-6,8-9,11-13,15H,3-4,7H2,1-2H3. The first-order valence-electron chi connectivity index (χ1n) is 5.96. The van der Waals surface area contributed by atoms with E-state index < -0.39 is 0 Å². The number of carbonyl (C=O) groups excluding carboxylic acids is 1. The number of hydrogen-bond acceptors (Lipinski definition) is 2. The second kappa shape index (κ2) is 4.09. The van der Waals surface area contributed by atoms with E-state index in [9.17, 15) is 9.90 Å². The third-order valence-electron chi connectivity index (χ3n) is 4.30. The van der Waals surface area contributed by atoms with Gasteiger partial charge in [-0.25, -0.2) is 0 Å². The van der Waals surface area contributed by atoms with Crippen molar-refractivity contribution in [2.75, 3.05) is 6.61 Å². The molecule has 0 amide bonds. The van der Waals surface area contributed by atoms with Gasteiger partial charge in [-0.05, 0) is 48.0 Å². The molecule has 0 spiro atoms. The van der Waals surface area contributed by atoms with Crippen molar-refractivity contribution < 1.29 is 9.90 Å². The Morgan fingerprint density at radius 3 is 2.80 bits per heavy atom. The maximum atomic E-state index is 11.0. The van der Waals surface area contributed by atoms with Gasteiger partial charge in [0.2, 0.25) is 0 Å². The molecule has 2 aliphatic rings. The van der Waals surface area contributed by atoms with Gasteiger partial charge in [-0.3, -0.25) is 4.79 Å². The fourth-order valence-corrected chi connectivity index (χ4v) is 3.54. The van der Waals surface area contributed by atoms with Gasteiger partial charge in [0.15, 0.2) is 0 Å². The van der Waals surface area contributed by atoms with E-state index in [2.05, 4.69) is 19.9 Å². The molecule has 15 heavy (non-hydrogen) atoms. The summed E-state index contributed by atoms with van der Waals surface area (Å²) >= 11 is 0. The first kappa shape index (κ1) is 10.9. The summed E-state index contributed by atoms with van der Waals surface area (Å²) in [4.78, 5) is 11.0. The molecular formula is C13H20O2. The summed E-state index contributed by atoms with van der Waals surface area (Å²) in [5, 5.41) is 9.44. The zero-order valence-corrected chi connectivity index (χ0v) is 9.52. The molecule has 0 saturated heterocycles. The van der Waals surface area contributed by atoms with Crippen LogP contribution < -0.4 is 0 Å². The molecule has 0 aliphatic heterocycles. The Hall–Kier alpha value is -0.630. The van der Waals surface area contributed by atoms with Crippen LogP contribution in [0.15, 0.2) is 11.6 Å². The summed E-state index contributed by atoms with van der Waals surface area (Å²) < 4.78 is 0. The molecule has 84 valence electrons. The normalized spacial score (nSPS) is 39.3. The number of hydrogen-bond donors (Lipinski definition) is 1. The fourth-order valence-electron chi connectivity index (χ4n) is 3.54. The molecular weight excluding hydrogens is 188 g/mol. The molecule has 2 nitrogen and oxygen atoms in total. The van der Waals surface area contributed by atoms with E-state index in [1.54, 1.807) is 0 Å². The predicted molar refractivity (Wildman–Crippen MR) is 59.3 cm³/mol. The van der Waals surface area contributed by atoms with Gasteiger partial charge in [0.1, 0.15) is 6.29 Å². The van der Waals surface area contributed by atoms with Gasteiger partial charge in [-0.2, -0.15) is 0 Å². The van der Waals surface area contributed by atoms with Crippen LogP contribution in [0.1, 0.15) is 26.7 Å². The van der Waals surface area contributed by atoms with E-state index in [0.717, 1.165) is 18.3 Å². The number of carbonyl (C=O) groups is 1. The van der Waals surface area contributed by atoms with Gasteiger partial charge < -0.3 is 5.11 Å². The van der Waals surface area contributed by atoms with Crippen LogP contribution in [-0.2, 0) is 4.79 Å². The third-order valence-corrected chi connectivity index (χ3v) is 4.30. The summed E-state index contributed by atoms with van der Waals surface area (Å²) in [6, 6.07) is 0. The summed E-state index contributed by atoms with van der Waals surface area (Å²) in [5.41, 5.74) is 0.954. The highest BCUT2D eigenvalue weighted by molar-refractivity contribution is 5.75. The van der Waals surface area contributed by atoms with Crippen LogP contribution in [0.4, 0.5) is 0 Å². The monoisotopic (exact) mass is 208 g/mol. The Morgan fingerprint density at radius 1 is 1.53 bits per heavy atom. The molecule has 0 aromatic heterocycles. The highest BCUT2D eigenvalue weighted by Gasteiger charge is 2.45. The van der Waals surface area contributed by atoms with Gasteiger partial charge in [0.05, 0.1) is 0 Å². The number of allylic oxidation sites excluding steroid dienone is 2. The lowest BCUT2D eigenvalue weighted by Crippen LogP contribution is -2.35. The molecule has 2 aliphatic carbocycles. The molecule has 0 heterocycles. The lowest BCUT2D eigenvalue weighted by molar-refractivity contribution is -0.105. The molecule has 4 unspecified atom stereocenters. The van der Waals surface area contributed by atoms with E-state index in [0.29, 0.717) is 29.6 Å². The van der Waals surface area contributed by atoms with E-state index >= 15 is 0 Å². The van der Waals surface area contributed by atoms with Crippen molar-refractivity contribution in [3.63, 3.8) is 0 Å². The van der Waals surface area contributed by atoms with E-state index in [1.807, 2.05) is 0 Å². The van der Waals surface area contributed by atoms with Crippen LogP contribution in [0.5, 0.6) is 0 Å². The summed E-state index contributed by atoms with van der Waals surface area (Å²) in [6.07, 6.45) is 5.47. The maximum absolute atomic E-state index is 11.0. The molecule has 0 aromatic rings. The number of aldehydes is 1. The largest absolute Gasteiger partial charge is 0.396 e. The Bertz CT molecular complexity index is 280. The molecule has 2 bridgehead atoms. The van der Waals surface area contributed by atoms with E-state index in [-0.39, 0.29) is 6.61 Å². The number of rotatable bonds is 3. The topological polar surface area (TPSA) is 37.3 Å². The van der Waals surface area contributed by atoms with E-state index in [4.69, 9.17) is 0 Å². The first-order valence-corrected chi connectivity index (χ1v) is 5.96. The predicted octanol–water partition coefficient (Wildman–Crippen LogP) is 2.03. The van der Waals surface area contributed by atoms with Gasteiger partial charge >= 0.3 is 0 Å². The second-order valence-corrected chi connectivity index (χ2v) is 5.31. The highest BCUT2D eigenvalue weighted by Crippen LogP contribution is 2.50. The van der Waals surface area contributed by atoms with Crippen molar-refractivity contribution in [1.82, 2.24) is 0 Å². The van der Waals surface area contributed by atoms with Crippen LogP contribution >= 0.6 is 0 Å². The summed E-state index contributed by atoms with van der Waals surface area (Å²) in [5.74, 6) is 2.27. The van der Waals surface area contributed by atoms with Crippen molar-refractivity contribution in [3.05, 3.63) is 11.6 Å². The summed E-state index contributed by atoms with van der Waals surface area (Å²) in [6.45, 7) is 4.67. The molecule has 0 radical (unpaired) electrons. The van der Waals surface area contributed by atoms with Gasteiger partial charge in [-0.15, -0.1) is 0 Å². The first-order chi connectivity index (χ1) is 7.19. The number of aliphatic hydroxyl groups excluding tert-OH is 1. The lowest BCUT2D eigenvalue weighted by Gasteiger charge is -2.38. The summed E-state index contributed by atoms with van der Waals surface area (Å²) in [7, 11) is 0. The average molecular weight is 208 g/mol. The molecule has 0 aromatic carbocycles. The van der Waals surface area contributed by atoms with Crippen LogP contribution in [0.3, 0.4) is 0 Å². The minimum atomic E-state index is 0.229. The third kappa shape index (κ3) is 1.65. The van der Waals surface area contributed by atoms with Crippen LogP contribution in [0.2, 0.25) is 0 Å². The Labute approximate surface area is 91.4 Å². The average Bonchev–Trinajstić information content (AvgIpc) is 2.46. The van der Waals surface area contributed by atoms with Crippen LogP contribution in [-0.4, -0.2) is 18.0 Å². The SMILES string of the molecule is CC(C)C1CCC2C=C(C=O)C1C2CO. The van der Waals surface area contributed by atoms with Gasteiger partial charge in [0, 0.05) is 6.61 Å². The Morgan fingerprint density at radius 2 is 2.27 bits per heavy atom. The van der Waals surface area contributed by atoms with Crippen LogP contribution in [0.25, 0.3) is 0 Å². The van der Waals surface area contributed by atoms with Crippen LogP contribution in [0, 0.1) is 29.6 Å². The van der Waals surface area contributed by atoms with E-state index in [1.165, 1.54) is 6.42 Å². The van der Waals surface area contributed by atoms with Crippen molar-refractivity contribution in [1.29, 1.82) is 0 Å². The minimum absolute atomic E-state index is 0.229. The molecule has 2 heteroatoms. The maximum Gasteiger partial charge on any atom is 0.146 e. The second-order valence-electron chi connectivity index (χ2n) is 5.31. The molecule has 1 N–H and O–H groups in total. The number of aliphatic hydroxyl groups is 1. The Kier molecular flexibility index (Phi) is 2.96. The molecule has 1 fully saturated rings. The Balaban J connectivity index is 2.27. The van der Waals surface area contributed by atoms with Crippen molar-refractivity contribution in [2.45, 2.75) is 26.7 Å². The van der Waals surface area contributed by atoms with Gasteiger partial charge in [0.25, 0.3) is 0 Å². The van der Waals surface area contributed by atoms with Crippen molar-refractivity contribution in [3.8, 4) is 0 Å². The van der Waals surface area contributed by atoms with Crippen molar-refractivity contribution >= 4 is 6.29 Å². The molecule has 2 rings (SSSR count). The fraction of sp³-hybridized carbons (Fsp3) is 0.769. The molecule has 4 atom stereocenters. The quantitative estimate of drug-likeness (QED) is 0.721. The zero-order valence-electron chi connectivity index (χ0n) is 9.52. The molecule has 1 saturated carbocycles. The smallest absolute Gasteiger partial charge is 0.146 e.